The summed E-state index contributed by atoms with van der Waals surface area (Å²) in [4.78, 5) is 13.4. The number of nitrogens with zero attached hydrogens (tertiary/aromatic N) is 2. The third-order valence-electron chi connectivity index (χ3n) is 2.88. The Morgan fingerprint density at radius 2 is 2.00 bits per heavy atom. The van der Waals surface area contributed by atoms with E-state index in [2.05, 4.69) is 29.6 Å². The average Bonchev–Trinajstić information content (AvgIpc) is 2.46. The zero-order valence-electron chi connectivity index (χ0n) is 11.5. The molecule has 0 saturated carbocycles. The lowest BCUT2D eigenvalue weighted by atomic mass is 10.0. The molecule has 0 aliphatic heterocycles. The minimum absolute atomic E-state index is 0.314. The number of nitriles is 1. The number of anilines is 1. The van der Waals surface area contributed by atoms with Crippen molar-refractivity contribution in [3.63, 3.8) is 0 Å². The number of hydrogen-bond acceptors (Lipinski definition) is 4. The van der Waals surface area contributed by atoms with E-state index in [0.717, 1.165) is 24.3 Å². The van der Waals surface area contributed by atoms with Gasteiger partial charge in [0.25, 0.3) is 0 Å². The maximum Gasteiger partial charge on any atom is 0.331 e. The lowest BCUT2D eigenvalue weighted by Crippen LogP contribution is -2.23. The highest BCUT2D eigenvalue weighted by Crippen LogP contribution is 2.26. The summed E-state index contributed by atoms with van der Waals surface area (Å²) in [6.45, 7) is 5.78. The van der Waals surface area contributed by atoms with Crippen molar-refractivity contribution >= 4 is 17.2 Å². The van der Waals surface area contributed by atoms with Crippen LogP contribution in [0, 0.1) is 11.3 Å². The number of esters is 1. The molecule has 0 aliphatic carbocycles. The highest BCUT2D eigenvalue weighted by molar-refractivity contribution is 5.97. The van der Waals surface area contributed by atoms with Crippen molar-refractivity contribution in [3.8, 4) is 6.07 Å². The van der Waals surface area contributed by atoms with Gasteiger partial charge in [-0.15, -0.1) is 0 Å². The summed E-state index contributed by atoms with van der Waals surface area (Å²) in [6, 6.07) is 9.62. The van der Waals surface area contributed by atoms with E-state index in [-0.39, 0.29) is 0 Å². The molecule has 0 atom stereocenters. The molecule has 0 bridgehead atoms. The van der Waals surface area contributed by atoms with Crippen molar-refractivity contribution < 1.29 is 9.53 Å². The molecule has 100 valence electrons. The maximum absolute atomic E-state index is 11.3. The van der Waals surface area contributed by atoms with Crippen molar-refractivity contribution in [2.75, 3.05) is 25.1 Å². The first-order chi connectivity index (χ1) is 9.17. The van der Waals surface area contributed by atoms with E-state index in [9.17, 15) is 10.1 Å². The van der Waals surface area contributed by atoms with Gasteiger partial charge in [-0.3, -0.25) is 0 Å². The fraction of sp³-hybridized carbons (Fsp3) is 0.333. The van der Waals surface area contributed by atoms with Gasteiger partial charge >= 0.3 is 5.97 Å². The molecule has 0 saturated heterocycles. The normalized spacial score (nSPS) is 10.7. The average molecular weight is 258 g/mol. The molecule has 1 aromatic rings. The second-order valence-electron chi connectivity index (χ2n) is 3.88. The van der Waals surface area contributed by atoms with E-state index in [1.807, 2.05) is 24.3 Å². The molecule has 4 nitrogen and oxygen atoms in total. The Kier molecular flexibility index (Phi) is 5.62. The molecule has 0 spiro atoms. The number of allylic oxidation sites excluding steroid dienone is 1. The lowest BCUT2D eigenvalue weighted by Gasteiger charge is -2.23. The van der Waals surface area contributed by atoms with Crippen LogP contribution in [0.1, 0.15) is 19.4 Å². The van der Waals surface area contributed by atoms with Gasteiger partial charge in [0.2, 0.25) is 0 Å². The van der Waals surface area contributed by atoms with E-state index in [4.69, 9.17) is 0 Å². The van der Waals surface area contributed by atoms with Crippen LogP contribution in [0.4, 0.5) is 5.69 Å². The third-order valence-corrected chi connectivity index (χ3v) is 2.88. The van der Waals surface area contributed by atoms with Crippen LogP contribution in [0.25, 0.3) is 5.57 Å². The van der Waals surface area contributed by atoms with Gasteiger partial charge in [0.1, 0.15) is 6.07 Å². The Morgan fingerprint density at radius 3 is 2.53 bits per heavy atom. The van der Waals surface area contributed by atoms with E-state index in [1.54, 1.807) is 0 Å². The van der Waals surface area contributed by atoms with Gasteiger partial charge in [0, 0.05) is 30.4 Å². The number of carbonyl (C=O) groups is 1. The maximum atomic E-state index is 11.3. The van der Waals surface area contributed by atoms with E-state index in [1.165, 1.54) is 13.2 Å². The Balaban J connectivity index is 3.30. The molecule has 0 fully saturated rings. The van der Waals surface area contributed by atoms with Gasteiger partial charge < -0.3 is 9.64 Å². The molecule has 0 aliphatic rings. The fourth-order valence-electron chi connectivity index (χ4n) is 1.89. The van der Waals surface area contributed by atoms with Crippen molar-refractivity contribution in [2.24, 2.45) is 0 Å². The Labute approximate surface area is 113 Å². The number of hydrogen-bond donors (Lipinski definition) is 0. The number of para-hydroxylation sites is 1. The number of carbonyl (C=O) groups excluding carboxylic acids is 1. The smallest absolute Gasteiger partial charge is 0.331 e. The molecule has 0 unspecified atom stereocenters. The largest absolute Gasteiger partial charge is 0.466 e. The summed E-state index contributed by atoms with van der Waals surface area (Å²) in [7, 11) is 1.30. The molecule has 0 radical (unpaired) electrons. The van der Waals surface area contributed by atoms with E-state index >= 15 is 0 Å². The Morgan fingerprint density at radius 1 is 1.37 bits per heavy atom. The molecule has 1 rings (SSSR count). The molecule has 0 heterocycles. The van der Waals surface area contributed by atoms with Gasteiger partial charge in [-0.25, -0.2) is 4.79 Å². The minimum atomic E-state index is -0.522. The van der Waals surface area contributed by atoms with Crippen LogP contribution in [-0.2, 0) is 9.53 Å². The summed E-state index contributed by atoms with van der Waals surface area (Å²) in [5.74, 6) is -0.522. The topological polar surface area (TPSA) is 53.3 Å². The predicted octanol–water partition coefficient (Wildman–Crippen LogP) is 2.61. The van der Waals surface area contributed by atoms with Gasteiger partial charge in [-0.05, 0) is 19.9 Å². The number of methoxy groups -OCH3 is 1. The first kappa shape index (κ1) is 14.8. The highest BCUT2D eigenvalue weighted by Gasteiger charge is 2.12. The van der Waals surface area contributed by atoms with Crippen LogP contribution in [0.3, 0.4) is 0 Å². The Hall–Kier alpha value is -2.28. The third kappa shape index (κ3) is 3.59. The van der Waals surface area contributed by atoms with Crippen molar-refractivity contribution in [1.29, 1.82) is 5.26 Å². The SMILES string of the molecule is CCN(CC)c1ccccc1C(C#N)=CC(=O)OC. The van der Waals surface area contributed by atoms with E-state index < -0.39 is 5.97 Å². The summed E-state index contributed by atoms with van der Waals surface area (Å²) >= 11 is 0. The summed E-state index contributed by atoms with van der Waals surface area (Å²) in [6.07, 6.45) is 1.22. The highest BCUT2D eigenvalue weighted by atomic mass is 16.5. The zero-order valence-corrected chi connectivity index (χ0v) is 11.5. The van der Waals surface area contributed by atoms with E-state index in [0.29, 0.717) is 5.57 Å². The summed E-state index contributed by atoms with van der Waals surface area (Å²) in [5, 5.41) is 9.23. The van der Waals surface area contributed by atoms with Crippen LogP contribution in [0.15, 0.2) is 30.3 Å². The number of benzene rings is 1. The second kappa shape index (κ2) is 7.22. The zero-order chi connectivity index (χ0) is 14.3. The molecule has 0 N–H and O–H groups in total. The Bertz CT molecular complexity index is 511. The van der Waals surface area contributed by atoms with Gasteiger partial charge in [0.05, 0.1) is 12.7 Å². The van der Waals surface area contributed by atoms with Gasteiger partial charge in [0.15, 0.2) is 0 Å². The van der Waals surface area contributed by atoms with Crippen molar-refractivity contribution in [3.05, 3.63) is 35.9 Å². The molecule has 4 heteroatoms. The van der Waals surface area contributed by atoms with Crippen LogP contribution in [0.5, 0.6) is 0 Å². The van der Waals surface area contributed by atoms with Crippen LogP contribution in [0.2, 0.25) is 0 Å². The molecule has 0 amide bonds. The standard InChI is InChI=1S/C15H18N2O2/c1-4-17(5-2)14-9-7-6-8-13(14)12(11-16)10-15(18)19-3/h6-10H,4-5H2,1-3H3. The minimum Gasteiger partial charge on any atom is -0.466 e. The second-order valence-corrected chi connectivity index (χ2v) is 3.88. The fourth-order valence-corrected chi connectivity index (χ4v) is 1.89. The molecule has 19 heavy (non-hydrogen) atoms. The molecular weight excluding hydrogens is 240 g/mol. The first-order valence-electron chi connectivity index (χ1n) is 6.22. The quantitative estimate of drug-likeness (QED) is 0.463. The van der Waals surface area contributed by atoms with Crippen LogP contribution in [-0.4, -0.2) is 26.2 Å². The monoisotopic (exact) mass is 258 g/mol. The number of ether oxygens (including phenoxy) is 1. The lowest BCUT2D eigenvalue weighted by molar-refractivity contribution is -0.134. The summed E-state index contributed by atoms with van der Waals surface area (Å²) < 4.78 is 4.58. The van der Waals surface area contributed by atoms with Crippen LogP contribution >= 0.6 is 0 Å². The molecule has 1 aromatic carbocycles. The predicted molar refractivity (Wildman–Crippen MR) is 75.6 cm³/mol. The summed E-state index contributed by atoms with van der Waals surface area (Å²) in [5.41, 5.74) is 2.01. The van der Waals surface area contributed by atoms with Crippen molar-refractivity contribution in [1.82, 2.24) is 0 Å². The number of rotatable bonds is 5. The van der Waals surface area contributed by atoms with Gasteiger partial charge in [-0.2, -0.15) is 5.26 Å². The first-order valence-corrected chi connectivity index (χ1v) is 6.22. The molecule has 0 aromatic heterocycles. The van der Waals surface area contributed by atoms with Crippen molar-refractivity contribution in [2.45, 2.75) is 13.8 Å². The van der Waals surface area contributed by atoms with Crippen LogP contribution < -0.4 is 4.90 Å². The molecular formula is C15H18N2O2. The van der Waals surface area contributed by atoms with Gasteiger partial charge in [-0.1, -0.05) is 18.2 Å².